The number of rotatable bonds is 9. The van der Waals surface area contributed by atoms with Gasteiger partial charge in [-0.25, -0.2) is 0 Å². The zero-order valence-electron chi connectivity index (χ0n) is 13.8. The van der Waals surface area contributed by atoms with E-state index in [9.17, 15) is 9.90 Å². The van der Waals surface area contributed by atoms with Gasteiger partial charge in [0.2, 0.25) is 0 Å². The topological polar surface area (TPSA) is 55.8 Å². The van der Waals surface area contributed by atoms with Crippen molar-refractivity contribution in [2.45, 2.75) is 63.1 Å². The van der Waals surface area contributed by atoms with Crippen LogP contribution in [0.4, 0.5) is 0 Å². The number of carboxylic acid groups (broad SMARTS) is 1. The van der Waals surface area contributed by atoms with Crippen molar-refractivity contribution in [3.05, 3.63) is 0 Å². The van der Waals surface area contributed by atoms with E-state index in [2.05, 4.69) is 29.2 Å². The van der Waals surface area contributed by atoms with Gasteiger partial charge in [-0.05, 0) is 72.6 Å². The molecule has 2 rings (SSSR count). The van der Waals surface area contributed by atoms with Gasteiger partial charge in [-0.15, -0.1) is 0 Å². The van der Waals surface area contributed by atoms with Crippen LogP contribution in [0.25, 0.3) is 0 Å². The molecule has 0 spiro atoms. The number of hydrogen-bond acceptors (Lipinski definition) is 4. The smallest absolute Gasteiger partial charge is 0.323 e. The summed E-state index contributed by atoms with van der Waals surface area (Å²) in [6, 6.07) is 1.08. The van der Waals surface area contributed by atoms with Gasteiger partial charge >= 0.3 is 5.97 Å². The van der Waals surface area contributed by atoms with Gasteiger partial charge in [0, 0.05) is 18.6 Å². The first-order chi connectivity index (χ1) is 9.90. The average molecular weight is 297 g/mol. The lowest BCUT2D eigenvalue weighted by atomic mass is 9.95. The van der Waals surface area contributed by atoms with Crippen LogP contribution in [0.3, 0.4) is 0 Å². The van der Waals surface area contributed by atoms with E-state index in [-0.39, 0.29) is 0 Å². The van der Waals surface area contributed by atoms with Gasteiger partial charge in [-0.3, -0.25) is 15.0 Å². The molecule has 2 N–H and O–H groups in total. The Morgan fingerprint density at radius 3 is 2.67 bits per heavy atom. The summed E-state index contributed by atoms with van der Waals surface area (Å²) < 4.78 is 0. The highest BCUT2D eigenvalue weighted by molar-refractivity contribution is 5.78. The van der Waals surface area contributed by atoms with Crippen molar-refractivity contribution in [2.75, 3.05) is 33.7 Å². The molecule has 2 atom stereocenters. The molecule has 0 bridgehead atoms. The molecule has 0 amide bonds. The molecule has 1 saturated carbocycles. The fourth-order valence-corrected chi connectivity index (χ4v) is 3.37. The Balaban J connectivity index is 1.77. The minimum Gasteiger partial charge on any atom is -0.480 e. The monoisotopic (exact) mass is 297 g/mol. The molecule has 2 fully saturated rings. The number of nitrogens with zero attached hydrogens (tertiary/aromatic N) is 2. The maximum Gasteiger partial charge on any atom is 0.323 e. The number of carbonyl (C=O) groups is 1. The summed E-state index contributed by atoms with van der Waals surface area (Å²) in [6.07, 6.45) is 6.46. The zero-order valence-corrected chi connectivity index (χ0v) is 13.8. The highest BCUT2D eigenvalue weighted by Gasteiger charge is 2.38. The first-order valence-electron chi connectivity index (χ1n) is 8.30. The number of hydrogen-bond donors (Lipinski definition) is 2. The lowest BCUT2D eigenvalue weighted by Crippen LogP contribution is -2.51. The molecular formula is C16H31N3O2. The van der Waals surface area contributed by atoms with E-state index < -0.39 is 11.5 Å². The Morgan fingerprint density at radius 1 is 1.38 bits per heavy atom. The summed E-state index contributed by atoms with van der Waals surface area (Å²) in [7, 11) is 4.25. The molecule has 2 aliphatic rings. The number of likely N-dealkylation sites (N-methyl/N-ethyl adjacent to an activating group) is 1. The molecule has 0 aromatic heterocycles. The molecule has 0 radical (unpaired) electrons. The van der Waals surface area contributed by atoms with E-state index in [1.165, 1.54) is 19.4 Å². The molecule has 122 valence electrons. The maximum absolute atomic E-state index is 11.5. The normalized spacial score (nSPS) is 26.2. The zero-order chi connectivity index (χ0) is 15.5. The van der Waals surface area contributed by atoms with E-state index in [0.717, 1.165) is 32.4 Å². The van der Waals surface area contributed by atoms with Gasteiger partial charge in [-0.1, -0.05) is 0 Å². The SMILES string of the molecule is CN(C)CC1CCCN1CCCC(C)(NC1CC1)C(=O)O. The van der Waals surface area contributed by atoms with E-state index in [1.54, 1.807) is 0 Å². The summed E-state index contributed by atoms with van der Waals surface area (Å²) in [5, 5.41) is 12.8. The van der Waals surface area contributed by atoms with Crippen molar-refractivity contribution in [3.8, 4) is 0 Å². The molecule has 1 aliphatic heterocycles. The van der Waals surface area contributed by atoms with Gasteiger partial charge in [-0.2, -0.15) is 0 Å². The van der Waals surface area contributed by atoms with Crippen LogP contribution < -0.4 is 5.32 Å². The highest BCUT2D eigenvalue weighted by Crippen LogP contribution is 2.26. The number of likely N-dealkylation sites (tertiary alicyclic amines) is 1. The molecule has 5 heteroatoms. The standard InChI is InChI=1S/C16H31N3O2/c1-16(15(20)21,17-13-7-8-13)9-5-11-19-10-4-6-14(19)12-18(2)3/h13-14,17H,4-12H2,1-3H3,(H,20,21). The lowest BCUT2D eigenvalue weighted by Gasteiger charge is -2.30. The first kappa shape index (κ1) is 16.7. The molecule has 0 aromatic carbocycles. The van der Waals surface area contributed by atoms with Crippen LogP contribution in [0.1, 0.15) is 45.4 Å². The third-order valence-corrected chi connectivity index (χ3v) is 4.77. The second-order valence-electron chi connectivity index (χ2n) is 7.25. The fraction of sp³-hybridized carbons (Fsp3) is 0.938. The second kappa shape index (κ2) is 7.07. The van der Waals surface area contributed by atoms with Crippen LogP contribution in [0, 0.1) is 0 Å². The predicted octanol–water partition coefficient (Wildman–Crippen LogP) is 1.39. The van der Waals surface area contributed by atoms with Gasteiger partial charge in [0.1, 0.15) is 5.54 Å². The van der Waals surface area contributed by atoms with Crippen molar-refractivity contribution in [1.29, 1.82) is 0 Å². The Bertz CT molecular complexity index is 357. The summed E-state index contributed by atoms with van der Waals surface area (Å²) in [6.45, 7) is 5.14. The first-order valence-corrected chi connectivity index (χ1v) is 8.30. The van der Waals surface area contributed by atoms with Crippen molar-refractivity contribution in [1.82, 2.24) is 15.1 Å². The summed E-state index contributed by atoms with van der Waals surface area (Å²) in [4.78, 5) is 16.3. The summed E-state index contributed by atoms with van der Waals surface area (Å²) >= 11 is 0. The van der Waals surface area contributed by atoms with Gasteiger partial charge in [0.15, 0.2) is 0 Å². The third kappa shape index (κ3) is 4.94. The minimum atomic E-state index is -0.752. The Hall–Kier alpha value is -0.650. The number of carboxylic acids is 1. The van der Waals surface area contributed by atoms with Gasteiger partial charge < -0.3 is 10.0 Å². The largest absolute Gasteiger partial charge is 0.480 e. The Kier molecular flexibility index (Phi) is 5.63. The van der Waals surface area contributed by atoms with Crippen LogP contribution in [0.5, 0.6) is 0 Å². The summed E-state index contributed by atoms with van der Waals surface area (Å²) in [5.74, 6) is -0.708. The van der Waals surface area contributed by atoms with E-state index >= 15 is 0 Å². The number of nitrogens with one attached hydrogen (secondary N) is 1. The van der Waals surface area contributed by atoms with E-state index in [1.807, 2.05) is 6.92 Å². The third-order valence-electron chi connectivity index (χ3n) is 4.77. The van der Waals surface area contributed by atoms with Crippen molar-refractivity contribution in [3.63, 3.8) is 0 Å². The van der Waals surface area contributed by atoms with Crippen LogP contribution >= 0.6 is 0 Å². The highest BCUT2D eigenvalue weighted by atomic mass is 16.4. The van der Waals surface area contributed by atoms with Crippen LogP contribution in [-0.2, 0) is 4.79 Å². The molecule has 5 nitrogen and oxygen atoms in total. The number of aliphatic carboxylic acids is 1. The second-order valence-corrected chi connectivity index (χ2v) is 7.25. The minimum absolute atomic E-state index is 0.430. The van der Waals surface area contributed by atoms with Crippen molar-refractivity contribution < 1.29 is 9.90 Å². The Labute approximate surface area is 128 Å². The molecular weight excluding hydrogens is 266 g/mol. The van der Waals surface area contributed by atoms with Gasteiger partial charge in [0.25, 0.3) is 0 Å². The van der Waals surface area contributed by atoms with E-state index in [0.29, 0.717) is 18.5 Å². The lowest BCUT2D eigenvalue weighted by molar-refractivity contribution is -0.144. The van der Waals surface area contributed by atoms with Crippen LogP contribution in [0.2, 0.25) is 0 Å². The van der Waals surface area contributed by atoms with Crippen LogP contribution in [0.15, 0.2) is 0 Å². The molecule has 1 saturated heterocycles. The molecule has 1 aliphatic carbocycles. The van der Waals surface area contributed by atoms with E-state index in [4.69, 9.17) is 0 Å². The molecule has 1 heterocycles. The van der Waals surface area contributed by atoms with Gasteiger partial charge in [0.05, 0.1) is 0 Å². The quantitative estimate of drug-likeness (QED) is 0.673. The summed E-state index contributed by atoms with van der Waals surface area (Å²) in [5.41, 5.74) is -0.752. The average Bonchev–Trinajstić information content (AvgIpc) is 3.09. The van der Waals surface area contributed by atoms with Crippen molar-refractivity contribution in [2.24, 2.45) is 0 Å². The van der Waals surface area contributed by atoms with Crippen molar-refractivity contribution >= 4 is 5.97 Å². The fourth-order valence-electron chi connectivity index (χ4n) is 3.37. The predicted molar refractivity (Wildman–Crippen MR) is 84.6 cm³/mol. The van der Waals surface area contributed by atoms with Crippen LogP contribution in [-0.4, -0.2) is 72.2 Å². The maximum atomic E-state index is 11.5. The molecule has 21 heavy (non-hydrogen) atoms. The molecule has 2 unspecified atom stereocenters. The Morgan fingerprint density at radius 2 is 2.10 bits per heavy atom. The molecule has 0 aromatic rings.